The van der Waals surface area contributed by atoms with E-state index in [0.29, 0.717) is 16.7 Å². The highest BCUT2D eigenvalue weighted by atomic mass is 19.4. The van der Waals surface area contributed by atoms with E-state index in [9.17, 15) is 18.0 Å². The van der Waals surface area contributed by atoms with Crippen LogP contribution in [0, 0.1) is 0 Å². The fourth-order valence-electron chi connectivity index (χ4n) is 1.99. The van der Waals surface area contributed by atoms with Crippen LogP contribution in [0.5, 0.6) is 5.75 Å². The molecular weight excluding hydrogens is 299 g/mol. The Bertz CT molecular complexity index is 850. The predicted molar refractivity (Wildman–Crippen MR) is 73.2 cm³/mol. The predicted octanol–water partition coefficient (Wildman–Crippen LogP) is 2.65. The Morgan fingerprint density at radius 2 is 1.91 bits per heavy atom. The molecule has 114 valence electrons. The maximum atomic E-state index is 12.3. The maximum Gasteiger partial charge on any atom is 0.422 e. The minimum Gasteiger partial charge on any atom is -0.484 e. The number of fused-ring (bicyclic) bond motifs is 1. The Hall–Kier alpha value is -2.77. The van der Waals surface area contributed by atoms with Crippen LogP contribution in [0.4, 0.5) is 13.2 Å². The third-order valence-corrected chi connectivity index (χ3v) is 2.99. The summed E-state index contributed by atoms with van der Waals surface area (Å²) in [5, 5.41) is 0.430. The highest BCUT2D eigenvalue weighted by Crippen LogP contribution is 2.19. The van der Waals surface area contributed by atoms with Gasteiger partial charge in [-0.2, -0.15) is 13.2 Å². The molecule has 3 aromatic rings. The Balaban J connectivity index is 1.88. The molecule has 0 saturated carbocycles. The van der Waals surface area contributed by atoms with Crippen molar-refractivity contribution in [2.75, 3.05) is 6.61 Å². The summed E-state index contributed by atoms with van der Waals surface area (Å²) >= 11 is 0. The smallest absolute Gasteiger partial charge is 0.422 e. The summed E-state index contributed by atoms with van der Waals surface area (Å²) in [7, 11) is 0. The van der Waals surface area contributed by atoms with Crippen molar-refractivity contribution in [3.05, 3.63) is 53.2 Å². The maximum absolute atomic E-state index is 12.3. The lowest BCUT2D eigenvalue weighted by atomic mass is 10.3. The monoisotopic (exact) mass is 309 g/mol. The highest BCUT2D eigenvalue weighted by Gasteiger charge is 2.28. The first-order valence-electron chi connectivity index (χ1n) is 6.29. The van der Waals surface area contributed by atoms with Gasteiger partial charge in [0.05, 0.1) is 11.1 Å². The van der Waals surface area contributed by atoms with Crippen LogP contribution in [0.25, 0.3) is 16.7 Å². The molecule has 0 fully saturated rings. The first kappa shape index (κ1) is 14.2. The van der Waals surface area contributed by atoms with E-state index in [1.807, 2.05) is 0 Å². The Morgan fingerprint density at radius 3 is 2.59 bits per heavy atom. The quantitative estimate of drug-likeness (QED) is 0.809. The van der Waals surface area contributed by atoms with Crippen molar-refractivity contribution in [1.29, 1.82) is 0 Å². The van der Waals surface area contributed by atoms with E-state index in [1.165, 1.54) is 35.2 Å². The van der Waals surface area contributed by atoms with Crippen LogP contribution in [0.2, 0.25) is 0 Å². The molecule has 22 heavy (non-hydrogen) atoms. The van der Waals surface area contributed by atoms with Crippen LogP contribution >= 0.6 is 0 Å². The minimum atomic E-state index is -4.39. The molecule has 0 aliphatic heterocycles. The zero-order valence-corrected chi connectivity index (χ0v) is 11.1. The lowest BCUT2D eigenvalue weighted by molar-refractivity contribution is -0.153. The second-order valence-electron chi connectivity index (χ2n) is 4.56. The van der Waals surface area contributed by atoms with Gasteiger partial charge in [0.25, 0.3) is 5.56 Å². The Morgan fingerprint density at radius 1 is 1.18 bits per heavy atom. The van der Waals surface area contributed by atoms with E-state index >= 15 is 0 Å². The summed E-state index contributed by atoms with van der Waals surface area (Å²) in [6.45, 7) is -1.36. The second-order valence-corrected chi connectivity index (χ2v) is 4.56. The molecular formula is C14H10F3N3O2. The number of aromatic nitrogens is 3. The summed E-state index contributed by atoms with van der Waals surface area (Å²) in [6.07, 6.45) is -1.43. The van der Waals surface area contributed by atoms with E-state index in [2.05, 4.69) is 14.7 Å². The van der Waals surface area contributed by atoms with E-state index < -0.39 is 12.8 Å². The molecule has 0 radical (unpaired) electrons. The topological polar surface area (TPSA) is 59.9 Å². The SMILES string of the molecule is O=c1c2cc[nH]c2ncn1-c1ccc(OCC(F)(F)F)cc1. The molecule has 0 saturated heterocycles. The molecule has 1 N–H and O–H groups in total. The fraction of sp³-hybridized carbons (Fsp3) is 0.143. The van der Waals surface area contributed by atoms with Gasteiger partial charge in [-0.3, -0.25) is 9.36 Å². The molecule has 0 spiro atoms. The van der Waals surface area contributed by atoms with Gasteiger partial charge in [-0.25, -0.2) is 4.98 Å². The van der Waals surface area contributed by atoms with E-state index in [-0.39, 0.29) is 11.3 Å². The first-order valence-corrected chi connectivity index (χ1v) is 6.29. The van der Waals surface area contributed by atoms with E-state index in [0.717, 1.165) is 0 Å². The van der Waals surface area contributed by atoms with Gasteiger partial charge in [0.15, 0.2) is 6.61 Å². The number of ether oxygens (including phenoxy) is 1. The van der Waals surface area contributed by atoms with Gasteiger partial charge in [0.2, 0.25) is 0 Å². The number of alkyl halides is 3. The average Bonchev–Trinajstić information content (AvgIpc) is 2.95. The highest BCUT2D eigenvalue weighted by molar-refractivity contribution is 5.74. The third-order valence-electron chi connectivity index (χ3n) is 2.99. The summed E-state index contributed by atoms with van der Waals surface area (Å²) in [5.41, 5.74) is 0.696. The number of rotatable bonds is 3. The lowest BCUT2D eigenvalue weighted by Crippen LogP contribution is -2.19. The largest absolute Gasteiger partial charge is 0.484 e. The zero-order chi connectivity index (χ0) is 15.7. The van der Waals surface area contributed by atoms with Crippen molar-refractivity contribution in [3.8, 4) is 11.4 Å². The van der Waals surface area contributed by atoms with Crippen LogP contribution in [0.1, 0.15) is 0 Å². The average molecular weight is 309 g/mol. The van der Waals surface area contributed by atoms with Gasteiger partial charge in [-0.1, -0.05) is 0 Å². The lowest BCUT2D eigenvalue weighted by Gasteiger charge is -2.10. The van der Waals surface area contributed by atoms with Crippen LogP contribution in [0.3, 0.4) is 0 Å². The number of H-pyrrole nitrogens is 1. The van der Waals surface area contributed by atoms with Crippen LogP contribution in [0.15, 0.2) is 47.7 Å². The molecule has 0 unspecified atom stereocenters. The fourth-order valence-corrected chi connectivity index (χ4v) is 1.99. The van der Waals surface area contributed by atoms with Gasteiger partial charge >= 0.3 is 6.18 Å². The van der Waals surface area contributed by atoms with Crippen molar-refractivity contribution in [1.82, 2.24) is 14.5 Å². The molecule has 5 nitrogen and oxygen atoms in total. The number of benzene rings is 1. The minimum absolute atomic E-state index is 0.0739. The molecule has 0 amide bonds. The van der Waals surface area contributed by atoms with Gasteiger partial charge < -0.3 is 9.72 Å². The van der Waals surface area contributed by atoms with Gasteiger partial charge in [-0.05, 0) is 30.3 Å². The van der Waals surface area contributed by atoms with Crippen molar-refractivity contribution < 1.29 is 17.9 Å². The van der Waals surface area contributed by atoms with Crippen molar-refractivity contribution in [2.45, 2.75) is 6.18 Å². The van der Waals surface area contributed by atoms with Crippen LogP contribution in [-0.4, -0.2) is 27.3 Å². The van der Waals surface area contributed by atoms with Gasteiger partial charge in [-0.15, -0.1) is 0 Å². The van der Waals surface area contributed by atoms with Gasteiger partial charge in [0.1, 0.15) is 17.7 Å². The van der Waals surface area contributed by atoms with Crippen LogP contribution < -0.4 is 10.3 Å². The normalized spacial score (nSPS) is 11.8. The number of nitrogens with one attached hydrogen (secondary N) is 1. The first-order chi connectivity index (χ1) is 10.4. The molecule has 1 aromatic carbocycles. The number of aromatic amines is 1. The summed E-state index contributed by atoms with van der Waals surface area (Å²) in [5.74, 6) is 0.0739. The molecule has 2 aromatic heterocycles. The van der Waals surface area contributed by atoms with Crippen LogP contribution in [-0.2, 0) is 0 Å². The molecule has 0 atom stereocenters. The molecule has 2 heterocycles. The van der Waals surface area contributed by atoms with E-state index in [1.54, 1.807) is 12.3 Å². The second kappa shape index (κ2) is 5.21. The van der Waals surface area contributed by atoms with E-state index in [4.69, 9.17) is 0 Å². The number of hydrogen-bond donors (Lipinski definition) is 1. The Labute approximate surface area is 122 Å². The van der Waals surface area contributed by atoms with Gasteiger partial charge in [0, 0.05) is 6.20 Å². The number of hydrogen-bond acceptors (Lipinski definition) is 3. The summed E-state index contributed by atoms with van der Waals surface area (Å²) in [6, 6.07) is 7.34. The Kier molecular flexibility index (Phi) is 3.36. The standard InChI is InChI=1S/C14H10F3N3O2/c15-14(16,17)7-22-10-3-1-9(2-4-10)20-8-19-12-11(13(20)21)5-6-18-12/h1-6,8,18H,7H2. The van der Waals surface area contributed by atoms with Crippen molar-refractivity contribution in [2.24, 2.45) is 0 Å². The summed E-state index contributed by atoms with van der Waals surface area (Å²) in [4.78, 5) is 19.2. The third kappa shape index (κ3) is 2.80. The number of halogens is 3. The molecule has 0 bridgehead atoms. The number of nitrogens with zero attached hydrogens (tertiary/aromatic N) is 2. The zero-order valence-electron chi connectivity index (χ0n) is 11.1. The molecule has 8 heteroatoms. The molecule has 0 aliphatic rings. The van der Waals surface area contributed by atoms with Crippen molar-refractivity contribution >= 4 is 11.0 Å². The molecule has 0 aliphatic carbocycles. The van der Waals surface area contributed by atoms with Crippen molar-refractivity contribution in [3.63, 3.8) is 0 Å². The molecule has 3 rings (SSSR count). The summed E-state index contributed by atoms with van der Waals surface area (Å²) < 4.78 is 42.1.